The van der Waals surface area contributed by atoms with Crippen molar-refractivity contribution in [2.24, 2.45) is 5.73 Å². The number of hydrogen-bond donors (Lipinski definition) is 2. The fraction of sp³-hybridized carbons (Fsp3) is 0.364. The molecule has 3 N–H and O–H groups in total. The van der Waals surface area contributed by atoms with Crippen LogP contribution in [0.4, 0.5) is 0 Å². The zero-order valence-corrected chi connectivity index (χ0v) is 9.91. The number of hydrogen-bond acceptors (Lipinski definition) is 3. The first-order valence-corrected chi connectivity index (χ1v) is 5.15. The molecule has 0 aromatic heterocycles. The highest BCUT2D eigenvalue weighted by Gasteiger charge is 2.17. The van der Waals surface area contributed by atoms with Crippen molar-refractivity contribution < 1.29 is 14.6 Å². The largest absolute Gasteiger partial charge is 0.495 e. The number of aryl methyl sites for hydroxylation is 1. The van der Waals surface area contributed by atoms with Crippen LogP contribution in [0.5, 0.6) is 5.75 Å². The van der Waals surface area contributed by atoms with Crippen molar-refractivity contribution >= 4 is 17.6 Å². The van der Waals surface area contributed by atoms with E-state index in [4.69, 9.17) is 27.2 Å². The minimum absolute atomic E-state index is 0.194. The summed E-state index contributed by atoms with van der Waals surface area (Å²) in [6.45, 7) is 1.88. The first kappa shape index (κ1) is 12.8. The molecule has 0 saturated heterocycles. The van der Waals surface area contributed by atoms with Gasteiger partial charge in [-0.15, -0.1) is 0 Å². The summed E-state index contributed by atoms with van der Waals surface area (Å²) in [6.07, 6.45) is 0.194. The van der Waals surface area contributed by atoms with E-state index in [0.29, 0.717) is 16.3 Å². The van der Waals surface area contributed by atoms with Crippen molar-refractivity contribution in [3.8, 4) is 5.75 Å². The van der Waals surface area contributed by atoms with Gasteiger partial charge in [0.15, 0.2) is 0 Å². The molecule has 1 rings (SSSR count). The number of nitrogens with two attached hydrogens (primary N) is 1. The molecule has 0 aliphatic heterocycles. The SMILES string of the molecule is COc1c(Cl)cc(C)cc1CC(N)C(=O)O. The first-order valence-electron chi connectivity index (χ1n) is 4.77. The molecular weight excluding hydrogens is 230 g/mol. The Balaban J connectivity index is 3.07. The second kappa shape index (κ2) is 5.18. The lowest BCUT2D eigenvalue weighted by atomic mass is 10.0. The van der Waals surface area contributed by atoms with E-state index in [9.17, 15) is 4.79 Å². The Hall–Kier alpha value is -1.26. The highest BCUT2D eigenvalue weighted by molar-refractivity contribution is 6.32. The summed E-state index contributed by atoms with van der Waals surface area (Å²) in [4.78, 5) is 10.7. The van der Waals surface area contributed by atoms with Gasteiger partial charge in [0.25, 0.3) is 0 Å². The van der Waals surface area contributed by atoms with Crippen LogP contribution in [-0.2, 0) is 11.2 Å². The molecule has 5 heteroatoms. The van der Waals surface area contributed by atoms with E-state index in [2.05, 4.69) is 0 Å². The maximum atomic E-state index is 10.7. The van der Waals surface area contributed by atoms with Gasteiger partial charge < -0.3 is 15.6 Å². The molecule has 16 heavy (non-hydrogen) atoms. The van der Waals surface area contributed by atoms with Crippen LogP contribution in [0.2, 0.25) is 5.02 Å². The first-order chi connectivity index (χ1) is 7.45. The van der Waals surface area contributed by atoms with Gasteiger partial charge in [-0.05, 0) is 24.1 Å². The van der Waals surface area contributed by atoms with Crippen molar-refractivity contribution in [1.29, 1.82) is 0 Å². The molecule has 0 heterocycles. The second-order valence-electron chi connectivity index (χ2n) is 3.59. The lowest BCUT2D eigenvalue weighted by Gasteiger charge is -2.13. The lowest BCUT2D eigenvalue weighted by molar-refractivity contribution is -0.138. The number of ether oxygens (including phenoxy) is 1. The molecule has 0 aliphatic carbocycles. The number of carboxylic acids is 1. The monoisotopic (exact) mass is 243 g/mol. The number of methoxy groups -OCH3 is 1. The minimum atomic E-state index is -1.04. The van der Waals surface area contributed by atoms with Crippen LogP contribution in [0.15, 0.2) is 12.1 Å². The Labute approximate surface area is 99.0 Å². The van der Waals surface area contributed by atoms with E-state index < -0.39 is 12.0 Å². The predicted octanol–water partition coefficient (Wildman–Crippen LogP) is 1.61. The van der Waals surface area contributed by atoms with Gasteiger partial charge in [-0.25, -0.2) is 0 Å². The number of rotatable bonds is 4. The van der Waals surface area contributed by atoms with Crippen molar-refractivity contribution in [3.05, 3.63) is 28.3 Å². The topological polar surface area (TPSA) is 72.5 Å². The Morgan fingerprint density at radius 1 is 1.62 bits per heavy atom. The summed E-state index contributed by atoms with van der Waals surface area (Å²) < 4.78 is 5.13. The normalized spacial score (nSPS) is 12.2. The zero-order valence-electron chi connectivity index (χ0n) is 9.16. The van der Waals surface area contributed by atoms with Crippen LogP contribution in [0.3, 0.4) is 0 Å². The Morgan fingerprint density at radius 3 is 2.75 bits per heavy atom. The Morgan fingerprint density at radius 2 is 2.25 bits per heavy atom. The van der Waals surface area contributed by atoms with Crippen LogP contribution >= 0.6 is 11.6 Å². The average molecular weight is 244 g/mol. The smallest absolute Gasteiger partial charge is 0.320 e. The number of halogens is 1. The number of aliphatic carboxylic acids is 1. The van der Waals surface area contributed by atoms with E-state index in [1.807, 2.05) is 13.0 Å². The standard InChI is InChI=1S/C11H14ClNO3/c1-6-3-7(5-9(13)11(14)15)10(16-2)8(12)4-6/h3-4,9H,5,13H2,1-2H3,(H,14,15). The molecule has 0 amide bonds. The van der Waals surface area contributed by atoms with Crippen LogP contribution in [0.25, 0.3) is 0 Å². The van der Waals surface area contributed by atoms with Crippen molar-refractivity contribution in [1.82, 2.24) is 0 Å². The maximum Gasteiger partial charge on any atom is 0.320 e. The number of carboxylic acid groups (broad SMARTS) is 1. The van der Waals surface area contributed by atoms with Gasteiger partial charge in [0.05, 0.1) is 12.1 Å². The molecule has 0 spiro atoms. The van der Waals surface area contributed by atoms with Crippen LogP contribution < -0.4 is 10.5 Å². The quantitative estimate of drug-likeness (QED) is 0.843. The molecular formula is C11H14ClNO3. The maximum absolute atomic E-state index is 10.7. The van der Waals surface area contributed by atoms with Crippen LogP contribution in [0, 0.1) is 6.92 Å². The Kier molecular flexibility index (Phi) is 4.15. The molecule has 1 aromatic carbocycles. The third kappa shape index (κ3) is 2.87. The Bertz CT molecular complexity index is 406. The van der Waals surface area contributed by atoms with E-state index in [-0.39, 0.29) is 6.42 Å². The molecule has 0 aliphatic rings. The number of carbonyl (C=O) groups is 1. The summed E-state index contributed by atoms with van der Waals surface area (Å²) in [5.74, 6) is -0.552. The molecule has 0 fully saturated rings. The van der Waals surface area contributed by atoms with Gasteiger partial charge >= 0.3 is 5.97 Å². The van der Waals surface area contributed by atoms with Gasteiger partial charge in [-0.3, -0.25) is 4.79 Å². The number of benzene rings is 1. The van der Waals surface area contributed by atoms with Crippen LogP contribution in [0.1, 0.15) is 11.1 Å². The fourth-order valence-corrected chi connectivity index (χ4v) is 1.88. The van der Waals surface area contributed by atoms with Gasteiger partial charge in [0.2, 0.25) is 0 Å². The molecule has 1 atom stereocenters. The molecule has 0 bridgehead atoms. The molecule has 1 unspecified atom stereocenters. The molecule has 88 valence electrons. The van der Waals surface area contributed by atoms with Crippen LogP contribution in [-0.4, -0.2) is 24.2 Å². The summed E-state index contributed by atoms with van der Waals surface area (Å²) in [5.41, 5.74) is 7.13. The molecule has 0 radical (unpaired) electrons. The van der Waals surface area contributed by atoms with E-state index in [1.54, 1.807) is 6.07 Å². The third-order valence-corrected chi connectivity index (χ3v) is 2.51. The van der Waals surface area contributed by atoms with E-state index in [1.165, 1.54) is 7.11 Å². The van der Waals surface area contributed by atoms with Crippen molar-refractivity contribution in [2.45, 2.75) is 19.4 Å². The van der Waals surface area contributed by atoms with Crippen molar-refractivity contribution in [3.63, 3.8) is 0 Å². The third-order valence-electron chi connectivity index (χ3n) is 2.23. The minimum Gasteiger partial charge on any atom is -0.495 e. The summed E-state index contributed by atoms with van der Waals surface area (Å²) in [7, 11) is 1.49. The average Bonchev–Trinajstić information content (AvgIpc) is 2.16. The fourth-order valence-electron chi connectivity index (χ4n) is 1.51. The molecule has 1 aromatic rings. The van der Waals surface area contributed by atoms with Gasteiger partial charge in [-0.1, -0.05) is 17.7 Å². The molecule has 0 saturated carbocycles. The van der Waals surface area contributed by atoms with E-state index >= 15 is 0 Å². The summed E-state index contributed by atoms with van der Waals surface area (Å²) in [5, 5.41) is 9.21. The highest BCUT2D eigenvalue weighted by atomic mass is 35.5. The van der Waals surface area contributed by atoms with Gasteiger partial charge in [0, 0.05) is 6.42 Å². The van der Waals surface area contributed by atoms with Crippen molar-refractivity contribution in [2.75, 3.05) is 7.11 Å². The second-order valence-corrected chi connectivity index (χ2v) is 4.00. The lowest BCUT2D eigenvalue weighted by Crippen LogP contribution is -2.32. The predicted molar refractivity (Wildman–Crippen MR) is 62.1 cm³/mol. The summed E-state index contributed by atoms with van der Waals surface area (Å²) >= 11 is 5.98. The van der Waals surface area contributed by atoms with E-state index in [0.717, 1.165) is 5.56 Å². The highest BCUT2D eigenvalue weighted by Crippen LogP contribution is 2.30. The van der Waals surface area contributed by atoms with Gasteiger partial charge in [0.1, 0.15) is 11.8 Å². The summed E-state index contributed by atoms with van der Waals surface area (Å²) in [6, 6.07) is 2.63. The molecule has 4 nitrogen and oxygen atoms in total. The zero-order chi connectivity index (χ0) is 12.3. The van der Waals surface area contributed by atoms with Gasteiger partial charge in [-0.2, -0.15) is 0 Å².